The molecule has 0 aromatic heterocycles. The van der Waals surface area contributed by atoms with Crippen molar-refractivity contribution in [3.05, 3.63) is 27.8 Å². The summed E-state index contributed by atoms with van der Waals surface area (Å²) in [4.78, 5) is 12.1. The van der Waals surface area contributed by atoms with Crippen molar-refractivity contribution in [1.29, 1.82) is 0 Å². The number of halogens is 1. The molecule has 4 rings (SSSR count). The summed E-state index contributed by atoms with van der Waals surface area (Å²) in [6.07, 6.45) is -0.113. The zero-order valence-electron chi connectivity index (χ0n) is 14.0. The zero-order chi connectivity index (χ0) is 17.0. The number of epoxide rings is 1. The molecule has 1 aliphatic carbocycles. The number of carbonyl (C=O) groups excluding carboxylic acids is 1. The highest BCUT2D eigenvalue weighted by atomic mass is 35.5. The van der Waals surface area contributed by atoms with Crippen molar-refractivity contribution < 1.29 is 23.7 Å². The van der Waals surface area contributed by atoms with Gasteiger partial charge in [-0.1, -0.05) is 11.6 Å². The van der Waals surface area contributed by atoms with Crippen LogP contribution in [-0.4, -0.2) is 38.0 Å². The Morgan fingerprint density at radius 2 is 2.25 bits per heavy atom. The van der Waals surface area contributed by atoms with Gasteiger partial charge in [-0.15, -0.1) is 0 Å². The monoisotopic (exact) mass is 352 g/mol. The maximum Gasteiger partial charge on any atom is 0.313 e. The maximum atomic E-state index is 12.1. The number of ether oxygens (including phenoxy) is 4. The summed E-state index contributed by atoms with van der Waals surface area (Å²) in [5.74, 6) is 0.451. The molecule has 24 heavy (non-hydrogen) atoms. The molecule has 1 unspecified atom stereocenters. The quantitative estimate of drug-likeness (QED) is 0.581. The molecule has 5 atom stereocenters. The van der Waals surface area contributed by atoms with Gasteiger partial charge in [-0.05, 0) is 32.4 Å². The number of carbonyl (C=O) groups is 1. The fraction of sp³-hybridized carbons (Fsp3) is 0.611. The van der Waals surface area contributed by atoms with E-state index in [9.17, 15) is 4.79 Å². The number of rotatable bonds is 6. The van der Waals surface area contributed by atoms with E-state index in [4.69, 9.17) is 30.5 Å². The van der Waals surface area contributed by atoms with Gasteiger partial charge in [0.2, 0.25) is 0 Å². The van der Waals surface area contributed by atoms with Crippen molar-refractivity contribution in [1.82, 2.24) is 0 Å². The summed E-state index contributed by atoms with van der Waals surface area (Å²) < 4.78 is 22.3. The number of hydrogen-bond donors (Lipinski definition) is 0. The third-order valence-corrected chi connectivity index (χ3v) is 5.25. The number of benzene rings is 1. The van der Waals surface area contributed by atoms with E-state index in [-0.39, 0.29) is 36.1 Å². The number of esters is 1. The lowest BCUT2D eigenvalue weighted by Crippen LogP contribution is -2.15. The van der Waals surface area contributed by atoms with Gasteiger partial charge in [0.1, 0.15) is 23.9 Å². The molecule has 1 aromatic carbocycles. The van der Waals surface area contributed by atoms with E-state index in [1.54, 1.807) is 0 Å². The minimum atomic E-state index is -0.229. The first kappa shape index (κ1) is 16.2. The van der Waals surface area contributed by atoms with E-state index < -0.39 is 0 Å². The SMILES string of the molecule is CCOC(=O)[C@H]1C2c3c(c(C)cc(Cl)c3[C@@H](C)OC[C@H]3CO3)O[C@@H]21. The van der Waals surface area contributed by atoms with Crippen molar-refractivity contribution in [2.45, 2.75) is 45.0 Å². The van der Waals surface area contributed by atoms with Crippen molar-refractivity contribution in [2.75, 3.05) is 19.8 Å². The minimum Gasteiger partial charge on any atom is -0.488 e. The Morgan fingerprint density at radius 1 is 1.50 bits per heavy atom. The summed E-state index contributed by atoms with van der Waals surface area (Å²) >= 11 is 6.53. The van der Waals surface area contributed by atoms with Gasteiger partial charge in [-0.2, -0.15) is 0 Å². The van der Waals surface area contributed by atoms with Gasteiger partial charge in [0.05, 0.1) is 25.9 Å². The summed E-state index contributed by atoms with van der Waals surface area (Å²) in [5.41, 5.74) is 2.94. The highest BCUT2D eigenvalue weighted by molar-refractivity contribution is 6.31. The maximum absolute atomic E-state index is 12.1. The van der Waals surface area contributed by atoms with Crippen molar-refractivity contribution in [3.8, 4) is 5.75 Å². The molecule has 0 amide bonds. The smallest absolute Gasteiger partial charge is 0.313 e. The van der Waals surface area contributed by atoms with Crippen LogP contribution in [0.15, 0.2) is 6.07 Å². The molecule has 1 saturated heterocycles. The Labute approximate surface area is 146 Å². The first-order valence-corrected chi connectivity index (χ1v) is 8.80. The largest absolute Gasteiger partial charge is 0.488 e. The van der Waals surface area contributed by atoms with Crippen LogP contribution >= 0.6 is 11.6 Å². The third kappa shape index (κ3) is 2.59. The second-order valence-electron chi connectivity index (χ2n) is 6.65. The van der Waals surface area contributed by atoms with Crippen molar-refractivity contribution >= 4 is 17.6 Å². The molecule has 2 aliphatic heterocycles. The third-order valence-electron chi connectivity index (χ3n) is 4.93. The van der Waals surface area contributed by atoms with Crippen LogP contribution in [0.25, 0.3) is 0 Å². The van der Waals surface area contributed by atoms with Crippen LogP contribution in [0.2, 0.25) is 5.02 Å². The van der Waals surface area contributed by atoms with Crippen LogP contribution < -0.4 is 4.74 Å². The van der Waals surface area contributed by atoms with Crippen molar-refractivity contribution in [3.63, 3.8) is 0 Å². The van der Waals surface area contributed by atoms with E-state index in [0.29, 0.717) is 18.2 Å². The molecule has 5 nitrogen and oxygen atoms in total. The van der Waals surface area contributed by atoms with Gasteiger partial charge in [-0.25, -0.2) is 0 Å². The first-order chi connectivity index (χ1) is 11.5. The highest BCUT2D eigenvalue weighted by Gasteiger charge is 2.64. The molecule has 1 aromatic rings. The summed E-state index contributed by atoms with van der Waals surface area (Å²) in [5, 5.41) is 0.661. The average molecular weight is 353 g/mol. The van der Waals surface area contributed by atoms with Gasteiger partial charge in [0, 0.05) is 22.1 Å². The minimum absolute atomic E-state index is 0.0228. The molecule has 2 fully saturated rings. The molecule has 2 heterocycles. The molecular formula is C18H21ClO5. The normalized spacial score (nSPS) is 30.2. The van der Waals surface area contributed by atoms with Crippen molar-refractivity contribution in [2.24, 2.45) is 5.92 Å². The fourth-order valence-electron chi connectivity index (χ4n) is 3.63. The van der Waals surface area contributed by atoms with E-state index in [0.717, 1.165) is 29.0 Å². The summed E-state index contributed by atoms with van der Waals surface area (Å²) in [6, 6.07) is 1.91. The van der Waals surface area contributed by atoms with Gasteiger partial charge in [0.25, 0.3) is 0 Å². The Bertz CT molecular complexity index is 684. The highest BCUT2D eigenvalue weighted by Crippen LogP contribution is 2.62. The lowest BCUT2D eigenvalue weighted by atomic mass is 9.95. The molecule has 0 N–H and O–H groups in total. The second-order valence-corrected chi connectivity index (χ2v) is 7.06. The molecule has 130 valence electrons. The van der Waals surface area contributed by atoms with Crippen LogP contribution in [0.5, 0.6) is 5.75 Å². The van der Waals surface area contributed by atoms with Gasteiger partial charge >= 0.3 is 5.97 Å². The summed E-state index contributed by atoms with van der Waals surface area (Å²) in [6.45, 7) is 7.45. The Morgan fingerprint density at radius 3 is 2.92 bits per heavy atom. The van der Waals surface area contributed by atoms with E-state index in [1.807, 2.05) is 26.8 Å². The molecule has 3 aliphatic rings. The summed E-state index contributed by atoms with van der Waals surface area (Å²) in [7, 11) is 0. The fourth-order valence-corrected chi connectivity index (χ4v) is 4.04. The first-order valence-electron chi connectivity index (χ1n) is 8.42. The molecule has 0 radical (unpaired) electrons. The topological polar surface area (TPSA) is 57.3 Å². The average Bonchev–Trinajstić information content (AvgIpc) is 3.44. The standard InChI is InChI=1S/C18H21ClO5/c1-4-21-18(20)15-14-13-12(9(3)22-6-10-7-23-10)11(19)5-8(2)16(13)24-17(14)15/h5,9-10,14-15,17H,4,6-7H2,1-3H3/t9-,10+,14?,15+,17+/m1/s1. The lowest BCUT2D eigenvalue weighted by molar-refractivity contribution is -0.145. The van der Waals surface area contributed by atoms with E-state index >= 15 is 0 Å². The van der Waals surface area contributed by atoms with E-state index in [2.05, 4.69) is 0 Å². The Balaban J connectivity index is 1.63. The number of aryl methyl sites for hydroxylation is 1. The predicted octanol–water partition coefficient (Wildman–Crippen LogP) is 3.16. The second kappa shape index (κ2) is 5.90. The Hall–Kier alpha value is -1.30. The Kier molecular flexibility index (Phi) is 3.98. The lowest BCUT2D eigenvalue weighted by Gasteiger charge is -2.21. The van der Waals surface area contributed by atoms with Crippen LogP contribution in [0.4, 0.5) is 0 Å². The molecule has 6 heteroatoms. The number of hydrogen-bond acceptors (Lipinski definition) is 5. The number of fused-ring (bicyclic) bond motifs is 3. The van der Waals surface area contributed by atoms with Gasteiger partial charge in [-0.3, -0.25) is 4.79 Å². The van der Waals surface area contributed by atoms with Gasteiger partial charge < -0.3 is 18.9 Å². The van der Waals surface area contributed by atoms with Crippen LogP contribution in [-0.2, 0) is 19.0 Å². The molecule has 0 spiro atoms. The van der Waals surface area contributed by atoms with Gasteiger partial charge in [0.15, 0.2) is 0 Å². The van der Waals surface area contributed by atoms with Crippen LogP contribution in [0, 0.1) is 12.8 Å². The molecular weight excluding hydrogens is 332 g/mol. The molecule has 0 bridgehead atoms. The van der Waals surface area contributed by atoms with E-state index in [1.165, 1.54) is 0 Å². The predicted molar refractivity (Wildman–Crippen MR) is 87.6 cm³/mol. The molecule has 1 saturated carbocycles. The van der Waals surface area contributed by atoms with Crippen LogP contribution in [0.3, 0.4) is 0 Å². The van der Waals surface area contributed by atoms with Crippen LogP contribution in [0.1, 0.15) is 42.6 Å². The zero-order valence-corrected chi connectivity index (χ0v) is 14.8.